The van der Waals surface area contributed by atoms with Crippen molar-refractivity contribution in [2.24, 2.45) is 4.99 Å². The summed E-state index contributed by atoms with van der Waals surface area (Å²) in [5, 5.41) is 0.248. The van der Waals surface area contributed by atoms with Crippen LogP contribution in [0.25, 0.3) is 0 Å². The number of thioether (sulfide) groups is 1. The first-order valence-corrected chi connectivity index (χ1v) is 10.1. The Morgan fingerprint density at radius 1 is 1.17 bits per heavy atom. The summed E-state index contributed by atoms with van der Waals surface area (Å²) in [4.78, 5) is 31.9. The van der Waals surface area contributed by atoms with Gasteiger partial charge in [-0.1, -0.05) is 54.2 Å². The second kappa shape index (κ2) is 7.83. The number of allylic oxidation sites excluding steroid dienone is 1. The van der Waals surface area contributed by atoms with Crippen LogP contribution in [0.5, 0.6) is 0 Å². The van der Waals surface area contributed by atoms with Crippen molar-refractivity contribution in [1.29, 1.82) is 0 Å². The predicted octanol–water partition coefficient (Wildman–Crippen LogP) is 4.22. The van der Waals surface area contributed by atoms with Gasteiger partial charge in [-0.3, -0.25) is 9.69 Å². The van der Waals surface area contributed by atoms with Crippen LogP contribution in [0.3, 0.4) is 0 Å². The number of hydrogen-bond acceptors (Lipinski definition) is 5. The van der Waals surface area contributed by atoms with E-state index < -0.39 is 12.0 Å². The van der Waals surface area contributed by atoms with Crippen LogP contribution in [0.15, 0.2) is 70.9 Å². The largest absolute Gasteiger partial charge is 0.457 e. The average Bonchev–Trinajstić information content (AvgIpc) is 3.00. The molecule has 0 unspecified atom stereocenters. The van der Waals surface area contributed by atoms with Gasteiger partial charge in [0.25, 0.3) is 0 Å². The van der Waals surface area contributed by atoms with Crippen molar-refractivity contribution in [3.8, 4) is 0 Å². The van der Waals surface area contributed by atoms with Crippen molar-refractivity contribution in [2.75, 3.05) is 0 Å². The van der Waals surface area contributed by atoms with E-state index >= 15 is 0 Å². The Morgan fingerprint density at radius 2 is 1.86 bits per heavy atom. The first-order chi connectivity index (χ1) is 14.0. The van der Waals surface area contributed by atoms with E-state index in [0.29, 0.717) is 22.0 Å². The molecule has 1 fully saturated rings. The summed E-state index contributed by atoms with van der Waals surface area (Å²) in [5.74, 6) is -1.06. The monoisotopic (exact) mass is 410 g/mol. The normalized spacial score (nSPS) is 21.1. The van der Waals surface area contributed by atoms with Gasteiger partial charge in [-0.2, -0.15) is 0 Å². The van der Waals surface area contributed by atoms with Crippen molar-refractivity contribution >= 4 is 28.8 Å². The lowest BCUT2D eigenvalue weighted by Gasteiger charge is -2.33. The molecule has 2 aliphatic rings. The lowest BCUT2D eigenvalue weighted by molar-refractivity contribution is -0.141. The Labute approximate surface area is 172 Å². The van der Waals surface area contributed by atoms with Gasteiger partial charge >= 0.3 is 5.97 Å². The van der Waals surface area contributed by atoms with Gasteiger partial charge in [-0.15, -0.1) is 0 Å². The van der Waals surface area contributed by atoms with Crippen LogP contribution in [-0.2, 0) is 20.9 Å². The number of esters is 1. The molecule has 0 aromatic heterocycles. The molecule has 148 valence electrons. The number of halogens is 1. The molecule has 2 aromatic rings. The highest BCUT2D eigenvalue weighted by Crippen LogP contribution is 2.43. The third kappa shape index (κ3) is 3.70. The van der Waals surface area contributed by atoms with Crippen LogP contribution in [0.2, 0.25) is 0 Å². The number of nitrogens with zero attached hydrogens (tertiary/aromatic N) is 2. The van der Waals surface area contributed by atoms with E-state index in [9.17, 15) is 14.0 Å². The first kappa shape index (κ1) is 19.4. The molecular formula is C22H19FN2O3S. The van der Waals surface area contributed by atoms with Crippen LogP contribution >= 0.6 is 11.8 Å². The average molecular weight is 410 g/mol. The number of benzene rings is 2. The minimum absolute atomic E-state index is 0.113. The zero-order valence-electron chi connectivity index (χ0n) is 16.0. The number of rotatable bonds is 4. The Hall–Kier alpha value is -2.93. The standard InChI is InChI=1S/C22H19FN2O3S/c1-13-18(21(27)28-12-15-6-4-3-5-7-15)19(16-8-10-17(23)11-9-16)25-20(26)14(2)29-22(25)24-13/h3-11,14,19H,12H2,1-2H3/t14-,19+/m0/s1. The molecule has 7 heteroatoms. The third-order valence-corrected chi connectivity index (χ3v) is 5.93. The highest BCUT2D eigenvalue weighted by molar-refractivity contribution is 8.15. The molecule has 0 radical (unpaired) electrons. The quantitative estimate of drug-likeness (QED) is 0.709. The molecular weight excluding hydrogens is 391 g/mol. The van der Waals surface area contributed by atoms with E-state index in [2.05, 4.69) is 4.99 Å². The number of hydrogen-bond donors (Lipinski definition) is 0. The predicted molar refractivity (Wildman–Crippen MR) is 109 cm³/mol. The van der Waals surface area contributed by atoms with Crippen molar-refractivity contribution in [1.82, 2.24) is 4.90 Å². The molecule has 1 amide bonds. The van der Waals surface area contributed by atoms with Crippen LogP contribution in [-0.4, -0.2) is 27.2 Å². The summed E-state index contributed by atoms with van der Waals surface area (Å²) in [7, 11) is 0. The van der Waals surface area contributed by atoms with Gasteiger partial charge in [0.2, 0.25) is 5.91 Å². The molecule has 0 N–H and O–H groups in total. The van der Waals surface area contributed by atoms with E-state index in [1.165, 1.54) is 28.8 Å². The van der Waals surface area contributed by atoms with Gasteiger partial charge in [-0.25, -0.2) is 14.2 Å². The van der Waals surface area contributed by atoms with Crippen molar-refractivity contribution in [2.45, 2.75) is 31.7 Å². The fourth-order valence-corrected chi connectivity index (χ4v) is 4.45. The summed E-state index contributed by atoms with van der Waals surface area (Å²) in [6.07, 6.45) is 0. The highest BCUT2D eigenvalue weighted by atomic mass is 32.2. The van der Waals surface area contributed by atoms with Crippen LogP contribution < -0.4 is 0 Å². The Bertz CT molecular complexity index is 1020. The number of amidine groups is 1. The smallest absolute Gasteiger partial charge is 0.338 e. The second-order valence-electron chi connectivity index (χ2n) is 6.88. The fourth-order valence-electron chi connectivity index (χ4n) is 3.43. The molecule has 2 heterocycles. The summed E-state index contributed by atoms with van der Waals surface area (Å²) >= 11 is 1.35. The lowest BCUT2D eigenvalue weighted by Crippen LogP contribution is -2.40. The molecule has 5 nitrogen and oxygen atoms in total. The van der Waals surface area contributed by atoms with Gasteiger partial charge in [0.05, 0.1) is 22.6 Å². The molecule has 0 saturated carbocycles. The summed E-state index contributed by atoms with van der Waals surface area (Å²) in [5.41, 5.74) is 2.28. The van der Waals surface area contributed by atoms with Gasteiger partial charge in [-0.05, 0) is 37.1 Å². The second-order valence-corrected chi connectivity index (χ2v) is 8.19. The number of carbonyl (C=O) groups excluding carboxylic acids is 2. The minimum atomic E-state index is -0.698. The molecule has 29 heavy (non-hydrogen) atoms. The molecule has 0 spiro atoms. The minimum Gasteiger partial charge on any atom is -0.457 e. The SMILES string of the molecule is CC1=C(C(=O)OCc2ccccc2)[C@@H](c2ccc(F)cc2)N2C(=O)[C@H](C)SC2=N1. The van der Waals surface area contributed by atoms with Gasteiger partial charge in [0.15, 0.2) is 5.17 Å². The number of ether oxygens (including phenoxy) is 1. The topological polar surface area (TPSA) is 59.0 Å². The Morgan fingerprint density at radius 3 is 2.55 bits per heavy atom. The third-order valence-electron chi connectivity index (χ3n) is 4.88. The summed E-state index contributed by atoms with van der Waals surface area (Å²) in [6, 6.07) is 14.5. The Kier molecular flexibility index (Phi) is 5.24. The van der Waals surface area contributed by atoms with Crippen LogP contribution in [0, 0.1) is 5.82 Å². The van der Waals surface area contributed by atoms with Crippen molar-refractivity contribution < 1.29 is 18.7 Å². The van der Waals surface area contributed by atoms with Gasteiger partial charge < -0.3 is 4.74 Å². The zero-order chi connectivity index (χ0) is 20.5. The number of amides is 1. The molecule has 0 bridgehead atoms. The maximum Gasteiger partial charge on any atom is 0.338 e. The summed E-state index contributed by atoms with van der Waals surface area (Å²) in [6.45, 7) is 3.65. The molecule has 1 saturated heterocycles. The van der Waals surface area contributed by atoms with E-state index in [4.69, 9.17) is 4.74 Å². The maximum atomic E-state index is 13.5. The molecule has 2 aliphatic heterocycles. The van der Waals surface area contributed by atoms with E-state index in [1.54, 1.807) is 26.0 Å². The van der Waals surface area contributed by atoms with Gasteiger partial charge in [0, 0.05) is 0 Å². The number of fused-ring (bicyclic) bond motifs is 1. The van der Waals surface area contributed by atoms with Crippen molar-refractivity contribution in [3.05, 3.63) is 82.8 Å². The first-order valence-electron chi connectivity index (χ1n) is 9.21. The van der Waals surface area contributed by atoms with E-state index in [1.807, 2.05) is 30.3 Å². The highest BCUT2D eigenvalue weighted by Gasteiger charge is 2.46. The summed E-state index contributed by atoms with van der Waals surface area (Å²) < 4.78 is 19.0. The van der Waals surface area contributed by atoms with Crippen LogP contribution in [0.4, 0.5) is 4.39 Å². The van der Waals surface area contributed by atoms with Crippen molar-refractivity contribution in [3.63, 3.8) is 0 Å². The van der Waals surface area contributed by atoms with E-state index in [-0.39, 0.29) is 23.6 Å². The van der Waals surface area contributed by atoms with Crippen LogP contribution in [0.1, 0.15) is 31.0 Å². The van der Waals surface area contributed by atoms with Gasteiger partial charge in [0.1, 0.15) is 12.4 Å². The molecule has 4 rings (SSSR count). The zero-order valence-corrected chi connectivity index (χ0v) is 16.8. The van der Waals surface area contributed by atoms with E-state index in [0.717, 1.165) is 5.56 Å². The molecule has 0 aliphatic carbocycles. The Balaban J connectivity index is 1.71. The lowest BCUT2D eigenvalue weighted by atomic mass is 9.94. The number of aliphatic imine (C=N–C) groups is 1. The maximum absolute atomic E-state index is 13.5. The fraction of sp³-hybridized carbons (Fsp3) is 0.227. The molecule has 2 aromatic carbocycles. The number of carbonyl (C=O) groups is 2. The molecule has 2 atom stereocenters.